The second-order valence-corrected chi connectivity index (χ2v) is 6.75. The molecule has 0 aliphatic heterocycles. The van der Waals surface area contributed by atoms with Crippen LogP contribution in [0.4, 0.5) is 14.5 Å². The zero-order chi connectivity index (χ0) is 19.1. The quantitative estimate of drug-likeness (QED) is 0.562. The second-order valence-electron chi connectivity index (χ2n) is 5.50. The van der Waals surface area contributed by atoms with Gasteiger partial charge in [-0.3, -0.25) is 9.59 Å². The van der Waals surface area contributed by atoms with E-state index in [1.165, 1.54) is 13.2 Å². The number of rotatable bonds is 7. The number of nitrogens with one attached hydrogen (secondary N) is 1. The molecule has 0 heterocycles. The molecule has 4 nitrogen and oxygen atoms in total. The third-order valence-corrected chi connectivity index (χ3v) is 4.87. The highest BCUT2D eigenvalue weighted by molar-refractivity contribution is 8.00. The van der Waals surface area contributed by atoms with Crippen LogP contribution in [0.1, 0.15) is 30.1 Å². The molecule has 1 unspecified atom stereocenters. The number of thioether (sulfide) groups is 1. The minimum Gasteiger partial charge on any atom is -0.468 e. The molecule has 0 radical (unpaired) electrons. The topological polar surface area (TPSA) is 55.4 Å². The predicted molar refractivity (Wildman–Crippen MR) is 97.3 cm³/mol. The molecule has 0 fully saturated rings. The van der Waals surface area contributed by atoms with Crippen LogP contribution in [0, 0.1) is 11.6 Å². The van der Waals surface area contributed by atoms with Crippen molar-refractivity contribution in [3.8, 4) is 0 Å². The van der Waals surface area contributed by atoms with Crippen molar-refractivity contribution in [1.29, 1.82) is 0 Å². The molecule has 26 heavy (non-hydrogen) atoms. The highest BCUT2D eigenvalue weighted by Gasteiger charge is 2.23. The summed E-state index contributed by atoms with van der Waals surface area (Å²) in [4.78, 5) is 24.1. The van der Waals surface area contributed by atoms with Gasteiger partial charge in [-0.2, -0.15) is 0 Å². The third-order valence-electron chi connectivity index (χ3n) is 3.59. The maximum Gasteiger partial charge on any atom is 0.319 e. The minimum absolute atomic E-state index is 0.0682. The lowest BCUT2D eigenvalue weighted by Gasteiger charge is -2.15. The average Bonchev–Trinajstić information content (AvgIpc) is 2.65. The number of methoxy groups -OCH3 is 1. The Morgan fingerprint density at radius 2 is 1.85 bits per heavy atom. The number of hydrogen-bond donors (Lipinski definition) is 1. The van der Waals surface area contributed by atoms with Crippen LogP contribution < -0.4 is 5.32 Å². The maximum atomic E-state index is 14.1. The Kier molecular flexibility index (Phi) is 7.15. The van der Waals surface area contributed by atoms with Crippen molar-refractivity contribution < 1.29 is 23.1 Å². The van der Waals surface area contributed by atoms with E-state index in [1.54, 1.807) is 30.3 Å². The summed E-state index contributed by atoms with van der Waals surface area (Å²) in [5.74, 6) is -2.67. The third kappa shape index (κ3) is 5.05. The molecule has 2 aromatic carbocycles. The second kappa shape index (κ2) is 9.33. The zero-order valence-corrected chi connectivity index (χ0v) is 15.2. The van der Waals surface area contributed by atoms with Gasteiger partial charge in [-0.1, -0.05) is 31.5 Å². The van der Waals surface area contributed by atoms with E-state index < -0.39 is 28.8 Å². The summed E-state index contributed by atoms with van der Waals surface area (Å²) in [6, 6.07) is 10.2. The van der Waals surface area contributed by atoms with Crippen LogP contribution in [0.15, 0.2) is 47.4 Å². The van der Waals surface area contributed by atoms with E-state index >= 15 is 0 Å². The molecule has 0 bridgehead atoms. The summed E-state index contributed by atoms with van der Waals surface area (Å²) in [5.41, 5.74) is 0.201. The molecule has 1 amide bonds. The van der Waals surface area contributed by atoms with Crippen molar-refractivity contribution in [3.05, 3.63) is 59.7 Å². The molecule has 138 valence electrons. The number of anilines is 1. The van der Waals surface area contributed by atoms with E-state index in [-0.39, 0.29) is 10.6 Å². The van der Waals surface area contributed by atoms with Gasteiger partial charge >= 0.3 is 5.97 Å². The first-order valence-electron chi connectivity index (χ1n) is 8.06. The first-order valence-corrected chi connectivity index (χ1v) is 8.94. The van der Waals surface area contributed by atoms with E-state index in [9.17, 15) is 18.4 Å². The normalized spacial score (nSPS) is 11.7. The molecular weight excluding hydrogens is 360 g/mol. The SMILES string of the molecule is CCCC(Sc1cc(NC(=O)c2ccccc2)c(F)cc1F)C(=O)OC. The Bertz CT molecular complexity index is 784. The number of amides is 1. The van der Waals surface area contributed by atoms with Crippen molar-refractivity contribution in [2.24, 2.45) is 0 Å². The van der Waals surface area contributed by atoms with Crippen LogP contribution in [-0.2, 0) is 9.53 Å². The Hall–Kier alpha value is -2.41. The molecule has 1 N–H and O–H groups in total. The van der Waals surface area contributed by atoms with Gasteiger partial charge in [0.25, 0.3) is 5.91 Å². The molecule has 2 rings (SSSR count). The number of carbonyl (C=O) groups is 2. The number of carbonyl (C=O) groups excluding carboxylic acids is 2. The highest BCUT2D eigenvalue weighted by Crippen LogP contribution is 2.33. The molecule has 2 aromatic rings. The van der Waals surface area contributed by atoms with E-state index in [2.05, 4.69) is 5.32 Å². The van der Waals surface area contributed by atoms with Gasteiger partial charge in [-0.25, -0.2) is 8.78 Å². The number of ether oxygens (including phenoxy) is 1. The van der Waals surface area contributed by atoms with Crippen molar-refractivity contribution in [2.75, 3.05) is 12.4 Å². The number of benzene rings is 2. The molecule has 0 aliphatic carbocycles. The Balaban J connectivity index is 2.25. The van der Waals surface area contributed by atoms with Gasteiger partial charge < -0.3 is 10.1 Å². The molecule has 0 aromatic heterocycles. The molecule has 1 atom stereocenters. The van der Waals surface area contributed by atoms with Gasteiger partial charge in [0.15, 0.2) is 0 Å². The molecule has 7 heteroatoms. The lowest BCUT2D eigenvalue weighted by Crippen LogP contribution is -2.19. The molecular formula is C19H19F2NO3S. The van der Waals surface area contributed by atoms with Gasteiger partial charge in [-0.05, 0) is 24.6 Å². The Morgan fingerprint density at radius 1 is 1.15 bits per heavy atom. The van der Waals surface area contributed by atoms with Crippen LogP contribution >= 0.6 is 11.8 Å². The molecule has 0 saturated heterocycles. The summed E-state index contributed by atoms with van der Waals surface area (Å²) >= 11 is 0.951. The van der Waals surface area contributed by atoms with Gasteiger partial charge in [0, 0.05) is 16.5 Å². The Labute approximate surface area is 154 Å². The van der Waals surface area contributed by atoms with Crippen molar-refractivity contribution in [3.63, 3.8) is 0 Å². The van der Waals surface area contributed by atoms with E-state index in [4.69, 9.17) is 4.74 Å². The van der Waals surface area contributed by atoms with Crippen molar-refractivity contribution in [2.45, 2.75) is 29.9 Å². The van der Waals surface area contributed by atoms with Gasteiger partial charge in [0.2, 0.25) is 0 Å². The van der Waals surface area contributed by atoms with E-state index in [0.29, 0.717) is 24.5 Å². The first kappa shape index (κ1) is 19.9. The van der Waals surface area contributed by atoms with Crippen molar-refractivity contribution in [1.82, 2.24) is 0 Å². The standard InChI is InChI=1S/C19H19F2NO3S/c1-3-7-16(19(24)25-2)26-17-11-15(13(20)10-14(17)21)22-18(23)12-8-5-4-6-9-12/h4-6,8-11,16H,3,7H2,1-2H3,(H,22,23). The summed E-state index contributed by atoms with van der Waals surface area (Å²) in [6.45, 7) is 1.89. The lowest BCUT2D eigenvalue weighted by molar-refractivity contribution is -0.140. The largest absolute Gasteiger partial charge is 0.468 e. The van der Waals surface area contributed by atoms with Gasteiger partial charge in [0.1, 0.15) is 16.9 Å². The summed E-state index contributed by atoms with van der Waals surface area (Å²) in [7, 11) is 1.26. The smallest absolute Gasteiger partial charge is 0.319 e. The number of hydrogen-bond acceptors (Lipinski definition) is 4. The molecule has 0 aliphatic rings. The van der Waals surface area contributed by atoms with E-state index in [0.717, 1.165) is 11.8 Å². The number of halogens is 2. The Morgan fingerprint density at radius 3 is 2.46 bits per heavy atom. The maximum absolute atomic E-state index is 14.1. The summed E-state index contributed by atoms with van der Waals surface area (Å²) in [6.07, 6.45) is 1.19. The zero-order valence-electron chi connectivity index (χ0n) is 14.4. The van der Waals surface area contributed by atoms with Crippen LogP contribution in [0.5, 0.6) is 0 Å². The monoisotopic (exact) mass is 379 g/mol. The van der Waals surface area contributed by atoms with Gasteiger partial charge in [0.05, 0.1) is 12.8 Å². The fourth-order valence-electron chi connectivity index (χ4n) is 2.27. The van der Waals surface area contributed by atoms with Gasteiger partial charge in [-0.15, -0.1) is 11.8 Å². The number of esters is 1. The van der Waals surface area contributed by atoms with E-state index in [1.807, 2.05) is 6.92 Å². The predicted octanol–water partition coefficient (Wildman–Crippen LogP) is 4.65. The minimum atomic E-state index is -0.888. The summed E-state index contributed by atoms with van der Waals surface area (Å²) in [5, 5.41) is 1.82. The lowest BCUT2D eigenvalue weighted by atomic mass is 10.2. The van der Waals surface area contributed by atoms with Crippen LogP contribution in [-0.4, -0.2) is 24.2 Å². The molecule has 0 spiro atoms. The average molecular weight is 379 g/mol. The summed E-state index contributed by atoms with van der Waals surface area (Å²) < 4.78 is 32.9. The van der Waals surface area contributed by atoms with Crippen LogP contribution in [0.2, 0.25) is 0 Å². The fourth-order valence-corrected chi connectivity index (χ4v) is 3.48. The molecule has 0 saturated carbocycles. The first-order chi connectivity index (χ1) is 12.5. The van der Waals surface area contributed by atoms with Crippen molar-refractivity contribution >= 4 is 29.3 Å². The highest BCUT2D eigenvalue weighted by atomic mass is 32.2. The van der Waals surface area contributed by atoms with Crippen LogP contribution in [0.25, 0.3) is 0 Å². The van der Waals surface area contributed by atoms with Crippen LogP contribution in [0.3, 0.4) is 0 Å². The fraction of sp³-hybridized carbons (Fsp3) is 0.263.